The average Bonchev–Trinajstić information content (AvgIpc) is 2.99. The topological polar surface area (TPSA) is 85.2 Å². The molecule has 1 saturated heterocycles. The maximum Gasteiger partial charge on any atom is 0.261 e. The molecule has 0 saturated carbocycles. The van der Waals surface area contributed by atoms with Gasteiger partial charge in [-0.05, 0) is 18.6 Å². The van der Waals surface area contributed by atoms with Gasteiger partial charge in [-0.15, -0.1) is 11.8 Å². The number of para-hydroxylation sites is 1. The highest BCUT2D eigenvalue weighted by Gasteiger charge is 2.30. The van der Waals surface area contributed by atoms with E-state index in [0.29, 0.717) is 28.2 Å². The quantitative estimate of drug-likeness (QED) is 0.662. The van der Waals surface area contributed by atoms with E-state index >= 15 is 0 Å². The standard InChI is InChI=1S/C14H17N3O2S2/c1-2-10-12(21-7-6-20-10)13-16-14(19-17-13)8-4-3-5-9(15)11(8)18/h3-5,10,12,18H,2,6-7,15H2,1H3. The van der Waals surface area contributed by atoms with Crippen LogP contribution in [0.15, 0.2) is 22.7 Å². The Morgan fingerprint density at radius 1 is 1.38 bits per heavy atom. The molecular weight excluding hydrogens is 306 g/mol. The summed E-state index contributed by atoms with van der Waals surface area (Å²) in [7, 11) is 0. The lowest BCUT2D eigenvalue weighted by atomic mass is 10.1. The van der Waals surface area contributed by atoms with Gasteiger partial charge in [-0.3, -0.25) is 0 Å². The molecule has 5 nitrogen and oxygen atoms in total. The largest absolute Gasteiger partial charge is 0.505 e. The summed E-state index contributed by atoms with van der Waals surface area (Å²) in [5.41, 5.74) is 6.49. The molecule has 1 fully saturated rings. The summed E-state index contributed by atoms with van der Waals surface area (Å²) >= 11 is 3.84. The number of thioether (sulfide) groups is 2. The molecule has 0 bridgehead atoms. The third kappa shape index (κ3) is 2.85. The second kappa shape index (κ2) is 6.19. The molecule has 0 amide bonds. The molecule has 3 N–H and O–H groups in total. The maximum absolute atomic E-state index is 10.0. The first-order chi connectivity index (χ1) is 10.2. The van der Waals surface area contributed by atoms with Crippen molar-refractivity contribution in [3.8, 4) is 17.2 Å². The van der Waals surface area contributed by atoms with Crippen LogP contribution >= 0.6 is 23.5 Å². The van der Waals surface area contributed by atoms with Crippen LogP contribution in [0.25, 0.3) is 11.5 Å². The maximum atomic E-state index is 10.0. The number of anilines is 1. The number of aromatic nitrogens is 2. The van der Waals surface area contributed by atoms with E-state index in [4.69, 9.17) is 10.3 Å². The summed E-state index contributed by atoms with van der Waals surface area (Å²) in [6.07, 6.45) is 1.08. The highest BCUT2D eigenvalue weighted by atomic mass is 32.2. The number of nitrogens with zero attached hydrogens (tertiary/aromatic N) is 2. The van der Waals surface area contributed by atoms with Crippen LogP contribution in [-0.2, 0) is 0 Å². The van der Waals surface area contributed by atoms with E-state index in [1.165, 1.54) is 5.75 Å². The van der Waals surface area contributed by atoms with Gasteiger partial charge in [0.2, 0.25) is 0 Å². The zero-order chi connectivity index (χ0) is 14.8. The third-order valence-electron chi connectivity index (χ3n) is 3.45. The van der Waals surface area contributed by atoms with E-state index in [9.17, 15) is 5.11 Å². The van der Waals surface area contributed by atoms with Crippen molar-refractivity contribution in [2.75, 3.05) is 17.2 Å². The van der Waals surface area contributed by atoms with Gasteiger partial charge in [-0.1, -0.05) is 18.1 Å². The lowest BCUT2D eigenvalue weighted by Crippen LogP contribution is -2.19. The summed E-state index contributed by atoms with van der Waals surface area (Å²) in [6.45, 7) is 2.18. The van der Waals surface area contributed by atoms with Crippen LogP contribution in [0.3, 0.4) is 0 Å². The highest BCUT2D eigenvalue weighted by Crippen LogP contribution is 2.43. The Morgan fingerprint density at radius 2 is 2.19 bits per heavy atom. The molecule has 21 heavy (non-hydrogen) atoms. The molecule has 2 heterocycles. The van der Waals surface area contributed by atoms with Gasteiger partial charge in [0.1, 0.15) is 0 Å². The molecule has 2 aromatic rings. The first-order valence-electron chi connectivity index (χ1n) is 6.85. The average molecular weight is 323 g/mol. The van der Waals surface area contributed by atoms with Crippen molar-refractivity contribution < 1.29 is 9.63 Å². The minimum atomic E-state index is -0.00888. The Kier molecular flexibility index (Phi) is 4.30. The molecule has 112 valence electrons. The van der Waals surface area contributed by atoms with Crippen molar-refractivity contribution in [3.63, 3.8) is 0 Å². The summed E-state index contributed by atoms with van der Waals surface area (Å²) in [4.78, 5) is 4.48. The smallest absolute Gasteiger partial charge is 0.261 e. The summed E-state index contributed by atoms with van der Waals surface area (Å²) < 4.78 is 5.33. The predicted octanol–water partition coefficient (Wildman–Crippen LogP) is 3.32. The van der Waals surface area contributed by atoms with Crippen LogP contribution in [0.2, 0.25) is 0 Å². The molecule has 0 radical (unpaired) electrons. The number of hydrogen-bond donors (Lipinski definition) is 2. The summed E-state index contributed by atoms with van der Waals surface area (Å²) in [5, 5.41) is 14.9. The van der Waals surface area contributed by atoms with E-state index in [1.54, 1.807) is 18.2 Å². The Hall–Kier alpha value is -1.34. The summed E-state index contributed by atoms with van der Waals surface area (Å²) in [5.74, 6) is 3.28. The van der Waals surface area contributed by atoms with Crippen molar-refractivity contribution >= 4 is 29.2 Å². The van der Waals surface area contributed by atoms with Crippen molar-refractivity contribution in [3.05, 3.63) is 24.0 Å². The van der Waals surface area contributed by atoms with Crippen LogP contribution in [0.1, 0.15) is 24.4 Å². The molecule has 3 rings (SSSR count). The van der Waals surface area contributed by atoms with Gasteiger partial charge in [0.05, 0.1) is 16.5 Å². The number of benzene rings is 1. The van der Waals surface area contributed by atoms with Gasteiger partial charge < -0.3 is 15.4 Å². The van der Waals surface area contributed by atoms with E-state index in [0.717, 1.165) is 12.2 Å². The Bertz CT molecular complexity index is 632. The lowest BCUT2D eigenvalue weighted by molar-refractivity contribution is 0.416. The number of aromatic hydroxyl groups is 1. The normalized spacial score (nSPS) is 22.3. The molecular formula is C14H17N3O2S2. The molecule has 1 aliphatic rings. The fourth-order valence-electron chi connectivity index (χ4n) is 2.34. The van der Waals surface area contributed by atoms with Gasteiger partial charge in [-0.2, -0.15) is 16.7 Å². The van der Waals surface area contributed by atoms with Gasteiger partial charge in [0.15, 0.2) is 11.6 Å². The van der Waals surface area contributed by atoms with Crippen molar-refractivity contribution in [1.29, 1.82) is 0 Å². The summed E-state index contributed by atoms with van der Waals surface area (Å²) in [6, 6.07) is 5.12. The lowest BCUT2D eigenvalue weighted by Gasteiger charge is -2.27. The Labute approximate surface area is 131 Å². The van der Waals surface area contributed by atoms with Gasteiger partial charge in [0.25, 0.3) is 5.89 Å². The van der Waals surface area contributed by atoms with E-state index in [1.807, 2.05) is 23.5 Å². The fourth-order valence-corrected chi connectivity index (χ4v) is 5.32. The van der Waals surface area contributed by atoms with Gasteiger partial charge >= 0.3 is 0 Å². The first-order valence-corrected chi connectivity index (χ1v) is 8.95. The van der Waals surface area contributed by atoms with Gasteiger partial charge in [0, 0.05) is 16.8 Å². The van der Waals surface area contributed by atoms with Crippen molar-refractivity contribution in [2.45, 2.75) is 23.8 Å². The molecule has 1 aromatic carbocycles. The van der Waals surface area contributed by atoms with E-state index in [-0.39, 0.29) is 11.0 Å². The Morgan fingerprint density at radius 3 is 3.00 bits per heavy atom. The van der Waals surface area contributed by atoms with Crippen molar-refractivity contribution in [1.82, 2.24) is 10.1 Å². The number of rotatable bonds is 3. The number of phenols is 1. The molecule has 1 aliphatic heterocycles. The highest BCUT2D eigenvalue weighted by molar-refractivity contribution is 8.06. The zero-order valence-corrected chi connectivity index (χ0v) is 13.3. The molecule has 2 atom stereocenters. The predicted molar refractivity (Wildman–Crippen MR) is 87.5 cm³/mol. The molecule has 0 aliphatic carbocycles. The number of nitrogen functional groups attached to an aromatic ring is 1. The van der Waals surface area contributed by atoms with Crippen LogP contribution < -0.4 is 5.73 Å². The minimum absolute atomic E-state index is 0.00888. The first kappa shape index (κ1) is 14.6. The number of nitrogens with two attached hydrogens (primary N) is 1. The zero-order valence-electron chi connectivity index (χ0n) is 11.7. The SMILES string of the molecule is CCC1SCCSC1c1noc(-c2cccc(N)c2O)n1. The second-order valence-corrected chi connectivity index (χ2v) is 7.41. The molecule has 1 aromatic heterocycles. The minimum Gasteiger partial charge on any atom is -0.505 e. The fraction of sp³-hybridized carbons (Fsp3) is 0.429. The van der Waals surface area contributed by atoms with Crippen molar-refractivity contribution in [2.24, 2.45) is 0 Å². The molecule has 2 unspecified atom stereocenters. The number of hydrogen-bond acceptors (Lipinski definition) is 7. The Balaban J connectivity index is 1.91. The second-order valence-electron chi connectivity index (χ2n) is 4.81. The number of phenolic OH excluding ortho intramolecular Hbond substituents is 1. The third-order valence-corrected chi connectivity index (χ3v) is 6.69. The van der Waals surface area contributed by atoms with Crippen LogP contribution in [0.5, 0.6) is 5.75 Å². The van der Waals surface area contributed by atoms with Crippen LogP contribution in [0.4, 0.5) is 5.69 Å². The van der Waals surface area contributed by atoms with E-state index in [2.05, 4.69) is 17.1 Å². The van der Waals surface area contributed by atoms with E-state index < -0.39 is 0 Å². The monoisotopic (exact) mass is 323 g/mol. The van der Waals surface area contributed by atoms with Crippen LogP contribution in [-0.4, -0.2) is 32.0 Å². The van der Waals surface area contributed by atoms with Crippen LogP contribution in [0, 0.1) is 0 Å². The molecule has 7 heteroatoms. The molecule has 0 spiro atoms. The van der Waals surface area contributed by atoms with Gasteiger partial charge in [-0.25, -0.2) is 0 Å².